The Kier molecular flexibility index (Phi) is 4.69. The van der Waals surface area contributed by atoms with Crippen LogP contribution in [0, 0.1) is 5.82 Å². The monoisotopic (exact) mass is 400 g/mol. The van der Waals surface area contributed by atoms with Crippen molar-refractivity contribution in [2.24, 2.45) is 0 Å². The van der Waals surface area contributed by atoms with Crippen LogP contribution in [-0.2, 0) is 4.79 Å². The molecule has 3 rings (SSSR count). The van der Waals surface area contributed by atoms with Crippen molar-refractivity contribution in [2.45, 2.75) is 0 Å². The lowest BCUT2D eigenvalue weighted by Gasteiger charge is -2.14. The minimum absolute atomic E-state index is 0.0566. The van der Waals surface area contributed by atoms with Gasteiger partial charge >= 0.3 is 0 Å². The first-order chi connectivity index (χ1) is 11.8. The number of rotatable bonds is 3. The van der Waals surface area contributed by atoms with Crippen molar-refractivity contribution in [3.05, 3.63) is 62.3 Å². The van der Waals surface area contributed by atoms with Crippen LogP contribution >= 0.6 is 34.8 Å². The molecular weight excluding hydrogens is 394 g/mol. The van der Waals surface area contributed by atoms with Gasteiger partial charge in [-0.05, 0) is 30.3 Å². The molecule has 1 N–H and O–H groups in total. The van der Waals surface area contributed by atoms with Crippen LogP contribution in [-0.4, -0.2) is 29.2 Å². The van der Waals surface area contributed by atoms with E-state index in [0.717, 1.165) is 11.0 Å². The van der Waals surface area contributed by atoms with Crippen LogP contribution in [0.2, 0.25) is 15.1 Å². The van der Waals surface area contributed by atoms with E-state index < -0.39 is 30.1 Å². The summed E-state index contributed by atoms with van der Waals surface area (Å²) in [6.45, 7) is -0.590. The second-order valence-electron chi connectivity index (χ2n) is 5.18. The summed E-state index contributed by atoms with van der Waals surface area (Å²) in [5.41, 5.74) is -0.0394. The molecule has 0 spiro atoms. The highest BCUT2D eigenvalue weighted by molar-refractivity contribution is 6.43. The molecule has 5 nitrogen and oxygen atoms in total. The molecular formula is C16H8Cl3FN2O3. The molecule has 9 heteroatoms. The van der Waals surface area contributed by atoms with E-state index in [1.165, 1.54) is 24.3 Å². The van der Waals surface area contributed by atoms with E-state index in [1.54, 1.807) is 0 Å². The van der Waals surface area contributed by atoms with E-state index in [2.05, 4.69) is 5.32 Å². The van der Waals surface area contributed by atoms with E-state index in [-0.39, 0.29) is 31.9 Å². The molecule has 0 aliphatic carbocycles. The molecule has 0 bridgehead atoms. The SMILES string of the molecule is O=C(CN1C(=O)c2cc(Cl)c(Cl)cc2C1=O)Nc1cc(Cl)ccc1F. The number of hydrogen-bond donors (Lipinski definition) is 1. The summed E-state index contributed by atoms with van der Waals surface area (Å²) in [7, 11) is 0. The summed E-state index contributed by atoms with van der Waals surface area (Å²) in [5.74, 6) is -2.81. The lowest BCUT2D eigenvalue weighted by molar-refractivity contribution is -0.116. The van der Waals surface area contributed by atoms with E-state index in [1.807, 2.05) is 0 Å². The zero-order valence-corrected chi connectivity index (χ0v) is 14.5. The van der Waals surface area contributed by atoms with Gasteiger partial charge in [-0.2, -0.15) is 0 Å². The first-order valence-corrected chi connectivity index (χ1v) is 8.01. The Hall–Kier alpha value is -2.15. The third kappa shape index (κ3) is 3.33. The summed E-state index contributed by atoms with van der Waals surface area (Å²) in [5, 5.41) is 2.73. The zero-order valence-electron chi connectivity index (χ0n) is 12.3. The third-order valence-electron chi connectivity index (χ3n) is 3.52. The predicted molar refractivity (Wildman–Crippen MR) is 91.9 cm³/mol. The molecule has 3 amide bonds. The molecule has 0 unspecified atom stereocenters. The topological polar surface area (TPSA) is 66.5 Å². The summed E-state index contributed by atoms with van der Waals surface area (Å²) in [4.78, 5) is 37.4. The summed E-state index contributed by atoms with van der Waals surface area (Å²) < 4.78 is 13.7. The van der Waals surface area contributed by atoms with Crippen LogP contribution in [0.3, 0.4) is 0 Å². The fraction of sp³-hybridized carbons (Fsp3) is 0.0625. The van der Waals surface area contributed by atoms with Gasteiger partial charge in [0.1, 0.15) is 12.4 Å². The van der Waals surface area contributed by atoms with Crippen LogP contribution in [0.25, 0.3) is 0 Å². The molecule has 0 radical (unpaired) electrons. The summed E-state index contributed by atoms with van der Waals surface area (Å²) in [6.07, 6.45) is 0. The highest BCUT2D eigenvalue weighted by atomic mass is 35.5. The van der Waals surface area contributed by atoms with E-state index in [0.29, 0.717) is 0 Å². The Morgan fingerprint density at radius 2 is 1.56 bits per heavy atom. The maximum Gasteiger partial charge on any atom is 0.262 e. The molecule has 0 aromatic heterocycles. The number of nitrogens with one attached hydrogen (secondary N) is 1. The van der Waals surface area contributed by atoms with Gasteiger partial charge in [0.2, 0.25) is 5.91 Å². The fourth-order valence-electron chi connectivity index (χ4n) is 2.35. The van der Waals surface area contributed by atoms with Gasteiger partial charge in [0.05, 0.1) is 26.9 Å². The average Bonchev–Trinajstić information content (AvgIpc) is 2.76. The number of hydrogen-bond acceptors (Lipinski definition) is 3. The molecule has 128 valence electrons. The standard InChI is InChI=1S/C16H8Cl3FN2O3/c17-7-1-2-12(20)13(3-7)21-14(23)6-22-15(24)8-4-10(18)11(19)5-9(8)16(22)25/h1-5H,6H2,(H,21,23). The Balaban J connectivity index is 1.79. The van der Waals surface area contributed by atoms with Gasteiger partial charge in [-0.25, -0.2) is 4.39 Å². The predicted octanol–water partition coefficient (Wildman–Crippen LogP) is 4.02. The van der Waals surface area contributed by atoms with Gasteiger partial charge in [-0.1, -0.05) is 34.8 Å². The number of amides is 3. The largest absolute Gasteiger partial charge is 0.322 e. The highest BCUT2D eigenvalue weighted by Gasteiger charge is 2.37. The molecule has 0 saturated heterocycles. The maximum atomic E-state index is 13.7. The molecule has 0 fully saturated rings. The smallest absolute Gasteiger partial charge is 0.262 e. The number of carbonyl (C=O) groups is 3. The Morgan fingerprint density at radius 1 is 1.00 bits per heavy atom. The lowest BCUT2D eigenvalue weighted by atomic mass is 10.1. The van der Waals surface area contributed by atoms with Crippen LogP contribution in [0.15, 0.2) is 30.3 Å². The van der Waals surface area contributed by atoms with Gasteiger partial charge < -0.3 is 5.32 Å². The van der Waals surface area contributed by atoms with Crippen LogP contribution < -0.4 is 5.32 Å². The first-order valence-electron chi connectivity index (χ1n) is 6.88. The Morgan fingerprint density at radius 3 is 2.12 bits per heavy atom. The zero-order chi connectivity index (χ0) is 18.3. The number of anilines is 1. The van der Waals surface area contributed by atoms with Crippen LogP contribution in [0.1, 0.15) is 20.7 Å². The average molecular weight is 402 g/mol. The number of halogens is 4. The van der Waals surface area contributed by atoms with Crippen molar-refractivity contribution in [1.29, 1.82) is 0 Å². The lowest BCUT2D eigenvalue weighted by Crippen LogP contribution is -2.37. The maximum absolute atomic E-state index is 13.7. The number of fused-ring (bicyclic) bond motifs is 1. The van der Waals surface area contributed by atoms with E-state index >= 15 is 0 Å². The molecule has 1 heterocycles. The molecule has 25 heavy (non-hydrogen) atoms. The molecule has 2 aromatic rings. The minimum atomic E-state index is -0.757. The van der Waals surface area contributed by atoms with Gasteiger partial charge in [-0.15, -0.1) is 0 Å². The molecule has 1 aliphatic heterocycles. The van der Waals surface area contributed by atoms with Crippen molar-refractivity contribution in [2.75, 3.05) is 11.9 Å². The van der Waals surface area contributed by atoms with Crippen molar-refractivity contribution < 1.29 is 18.8 Å². The van der Waals surface area contributed by atoms with Crippen LogP contribution in [0.5, 0.6) is 0 Å². The van der Waals surface area contributed by atoms with Gasteiger partial charge in [0.15, 0.2) is 0 Å². The minimum Gasteiger partial charge on any atom is -0.322 e. The normalized spacial score (nSPS) is 13.2. The number of carbonyl (C=O) groups excluding carboxylic acids is 3. The van der Waals surface area contributed by atoms with Crippen LogP contribution in [0.4, 0.5) is 10.1 Å². The fourth-order valence-corrected chi connectivity index (χ4v) is 2.85. The quantitative estimate of drug-likeness (QED) is 0.790. The van der Waals surface area contributed by atoms with Gasteiger partial charge in [0.25, 0.3) is 11.8 Å². The van der Waals surface area contributed by atoms with Gasteiger partial charge in [-0.3, -0.25) is 19.3 Å². The second-order valence-corrected chi connectivity index (χ2v) is 6.43. The second kappa shape index (κ2) is 6.63. The van der Waals surface area contributed by atoms with Crippen molar-refractivity contribution >= 4 is 58.2 Å². The number of benzene rings is 2. The van der Waals surface area contributed by atoms with Gasteiger partial charge in [0, 0.05) is 5.02 Å². The molecule has 0 saturated carbocycles. The highest BCUT2D eigenvalue weighted by Crippen LogP contribution is 2.31. The van der Waals surface area contributed by atoms with E-state index in [9.17, 15) is 18.8 Å². The summed E-state index contributed by atoms with van der Waals surface area (Å²) >= 11 is 17.4. The first kappa shape index (κ1) is 17.7. The Bertz CT molecular complexity index is 892. The summed E-state index contributed by atoms with van der Waals surface area (Å²) in [6, 6.07) is 6.17. The third-order valence-corrected chi connectivity index (χ3v) is 4.47. The number of nitrogens with zero attached hydrogens (tertiary/aromatic N) is 1. The van der Waals surface area contributed by atoms with Crippen molar-refractivity contribution in [3.8, 4) is 0 Å². The Labute approximate surface area is 156 Å². The molecule has 1 aliphatic rings. The molecule has 0 atom stereocenters. The van der Waals surface area contributed by atoms with Crippen molar-refractivity contribution in [1.82, 2.24) is 4.90 Å². The van der Waals surface area contributed by atoms with Crippen molar-refractivity contribution in [3.63, 3.8) is 0 Å². The van der Waals surface area contributed by atoms with E-state index in [4.69, 9.17) is 34.8 Å². The number of imide groups is 1. The molecule has 2 aromatic carbocycles.